The molecule has 1 aromatic heterocycles. The molecule has 0 N–H and O–H groups in total. The summed E-state index contributed by atoms with van der Waals surface area (Å²) in [6.45, 7) is 6.30. The number of aliphatic imine (C=N–C) groups is 1. The van der Waals surface area contributed by atoms with Crippen molar-refractivity contribution in [3.63, 3.8) is 0 Å². The van der Waals surface area contributed by atoms with Crippen molar-refractivity contribution in [2.45, 2.75) is 19.4 Å². The summed E-state index contributed by atoms with van der Waals surface area (Å²) in [6.07, 6.45) is 6.75. The van der Waals surface area contributed by atoms with Crippen molar-refractivity contribution in [2.75, 3.05) is 32.7 Å². The van der Waals surface area contributed by atoms with E-state index < -0.39 is 0 Å². The van der Waals surface area contributed by atoms with Crippen molar-refractivity contribution in [2.24, 2.45) is 10.9 Å². The summed E-state index contributed by atoms with van der Waals surface area (Å²) in [6, 6.07) is 5.97. The van der Waals surface area contributed by atoms with Gasteiger partial charge in [-0.25, -0.2) is 9.98 Å². The first-order valence-electron chi connectivity index (χ1n) is 9.12. The molecule has 6 heteroatoms. The molecule has 0 atom stereocenters. The monoisotopic (exact) mass is 355 g/mol. The van der Waals surface area contributed by atoms with Gasteiger partial charge < -0.3 is 9.47 Å². The molecule has 5 nitrogen and oxygen atoms in total. The van der Waals surface area contributed by atoms with E-state index >= 15 is 0 Å². The number of rotatable bonds is 2. The second-order valence-corrected chi connectivity index (χ2v) is 7.75. The zero-order valence-corrected chi connectivity index (χ0v) is 15.0. The number of hydrogen-bond acceptors (Lipinski definition) is 4. The van der Waals surface area contributed by atoms with Crippen LogP contribution < -0.4 is 0 Å². The van der Waals surface area contributed by atoms with Crippen LogP contribution >= 0.6 is 11.6 Å². The fraction of sp³-hybridized carbons (Fsp3) is 0.474. The lowest BCUT2D eigenvalue weighted by atomic mass is 10.2. The standard InChI is InChI=1S/C19H22ClN5/c20-16-4-3-15-13-25-6-5-21-18(25)19(22-17(15)11-16)24-9-7-23(8-10-24)12-14-1-2-14/h3-6,11,14H,1-2,7-10,12-13H2. The Morgan fingerprint density at radius 3 is 2.76 bits per heavy atom. The van der Waals surface area contributed by atoms with Crippen LogP contribution in [0.2, 0.25) is 5.02 Å². The molecule has 0 amide bonds. The molecule has 25 heavy (non-hydrogen) atoms. The van der Waals surface area contributed by atoms with Crippen LogP contribution in [-0.4, -0.2) is 57.9 Å². The van der Waals surface area contributed by atoms with Gasteiger partial charge in [-0.3, -0.25) is 4.90 Å². The predicted octanol–water partition coefficient (Wildman–Crippen LogP) is 3.00. The molecular weight excluding hydrogens is 334 g/mol. The van der Waals surface area contributed by atoms with Gasteiger partial charge in [0.15, 0.2) is 11.7 Å². The number of nitrogens with zero attached hydrogens (tertiary/aromatic N) is 5. The molecule has 3 aliphatic rings. The fourth-order valence-corrected chi connectivity index (χ4v) is 3.95. The van der Waals surface area contributed by atoms with Crippen LogP contribution in [-0.2, 0) is 6.54 Å². The van der Waals surface area contributed by atoms with Gasteiger partial charge in [-0.05, 0) is 36.5 Å². The molecule has 0 bridgehead atoms. The summed E-state index contributed by atoms with van der Waals surface area (Å²) < 4.78 is 2.19. The van der Waals surface area contributed by atoms with E-state index in [1.807, 2.05) is 24.5 Å². The zero-order valence-electron chi connectivity index (χ0n) is 14.2. The Labute approximate surface area is 152 Å². The Hall–Kier alpha value is -1.85. The lowest BCUT2D eigenvalue weighted by molar-refractivity contribution is 0.176. The number of aromatic nitrogens is 2. The topological polar surface area (TPSA) is 36.7 Å². The third kappa shape index (κ3) is 3.07. The quantitative estimate of drug-likeness (QED) is 0.831. The Balaban J connectivity index is 1.44. The third-order valence-electron chi connectivity index (χ3n) is 5.42. The van der Waals surface area contributed by atoms with Crippen molar-refractivity contribution < 1.29 is 0 Å². The van der Waals surface area contributed by atoms with Gasteiger partial charge in [0.2, 0.25) is 0 Å². The van der Waals surface area contributed by atoms with Gasteiger partial charge in [0.25, 0.3) is 0 Å². The van der Waals surface area contributed by atoms with Gasteiger partial charge >= 0.3 is 0 Å². The number of hydrogen-bond donors (Lipinski definition) is 0. The molecule has 2 aromatic rings. The summed E-state index contributed by atoms with van der Waals surface area (Å²) >= 11 is 6.21. The van der Waals surface area contributed by atoms with Crippen molar-refractivity contribution in [3.05, 3.63) is 47.0 Å². The third-order valence-corrected chi connectivity index (χ3v) is 5.65. The molecular formula is C19H22ClN5. The largest absolute Gasteiger partial charge is 0.351 e. The first-order chi connectivity index (χ1) is 12.3. The maximum atomic E-state index is 6.21. The molecule has 5 rings (SSSR count). The van der Waals surface area contributed by atoms with E-state index in [4.69, 9.17) is 16.6 Å². The molecule has 1 aliphatic carbocycles. The Bertz CT molecular complexity index is 815. The van der Waals surface area contributed by atoms with E-state index in [0.29, 0.717) is 0 Å². The first kappa shape index (κ1) is 15.4. The highest BCUT2D eigenvalue weighted by Crippen LogP contribution is 2.31. The second kappa shape index (κ2) is 6.15. The number of halogens is 1. The van der Waals surface area contributed by atoms with Crippen molar-refractivity contribution >= 4 is 23.1 Å². The highest BCUT2D eigenvalue weighted by molar-refractivity contribution is 6.30. The maximum Gasteiger partial charge on any atom is 0.176 e. The lowest BCUT2D eigenvalue weighted by Gasteiger charge is -2.36. The number of piperazine rings is 1. The van der Waals surface area contributed by atoms with Crippen LogP contribution in [0.25, 0.3) is 0 Å². The Morgan fingerprint density at radius 1 is 1.12 bits per heavy atom. The minimum absolute atomic E-state index is 0.732. The molecule has 0 radical (unpaired) electrons. The van der Waals surface area contributed by atoms with Crippen LogP contribution in [0.15, 0.2) is 35.6 Å². The van der Waals surface area contributed by atoms with E-state index in [0.717, 1.165) is 61.0 Å². The summed E-state index contributed by atoms with van der Waals surface area (Å²) in [4.78, 5) is 14.6. The van der Waals surface area contributed by atoms with Crippen LogP contribution in [0, 0.1) is 5.92 Å². The predicted molar refractivity (Wildman–Crippen MR) is 99.7 cm³/mol. The molecule has 130 valence electrons. The SMILES string of the molecule is Clc1ccc2c(c1)N=C(N1CCN(CC3CC3)CC1)c1nccn1C2. The average Bonchev–Trinajstić information content (AvgIpc) is 3.35. The summed E-state index contributed by atoms with van der Waals surface area (Å²) in [5, 5.41) is 0.732. The highest BCUT2D eigenvalue weighted by atomic mass is 35.5. The van der Waals surface area contributed by atoms with Crippen LogP contribution in [0.1, 0.15) is 24.2 Å². The van der Waals surface area contributed by atoms with Crippen LogP contribution in [0.3, 0.4) is 0 Å². The van der Waals surface area contributed by atoms with Gasteiger partial charge in [-0.2, -0.15) is 0 Å². The van der Waals surface area contributed by atoms with Gasteiger partial charge in [-0.1, -0.05) is 17.7 Å². The minimum atomic E-state index is 0.732. The number of benzene rings is 1. The summed E-state index contributed by atoms with van der Waals surface area (Å²) in [5.74, 6) is 2.90. The van der Waals surface area contributed by atoms with E-state index in [-0.39, 0.29) is 0 Å². The van der Waals surface area contributed by atoms with Gasteiger partial charge in [0.05, 0.1) is 12.2 Å². The lowest BCUT2D eigenvalue weighted by Crippen LogP contribution is -2.49. The molecule has 1 saturated heterocycles. The van der Waals surface area contributed by atoms with Crippen molar-refractivity contribution in [1.29, 1.82) is 0 Å². The van der Waals surface area contributed by atoms with Crippen LogP contribution in [0.4, 0.5) is 5.69 Å². The Kier molecular flexibility index (Phi) is 3.79. The van der Waals surface area contributed by atoms with E-state index in [2.05, 4.69) is 25.4 Å². The molecule has 1 saturated carbocycles. The Morgan fingerprint density at radius 2 is 1.96 bits per heavy atom. The fourth-order valence-electron chi connectivity index (χ4n) is 3.79. The van der Waals surface area contributed by atoms with Gasteiger partial charge in [0.1, 0.15) is 0 Å². The molecule has 2 aliphatic heterocycles. The maximum absolute atomic E-state index is 6.21. The number of fused-ring (bicyclic) bond motifs is 2. The molecule has 3 heterocycles. The highest BCUT2D eigenvalue weighted by Gasteiger charge is 2.29. The minimum Gasteiger partial charge on any atom is -0.351 e. The molecule has 2 fully saturated rings. The van der Waals surface area contributed by atoms with Gasteiger partial charge in [-0.15, -0.1) is 0 Å². The van der Waals surface area contributed by atoms with E-state index in [1.54, 1.807) is 0 Å². The van der Waals surface area contributed by atoms with Crippen molar-refractivity contribution in [1.82, 2.24) is 19.4 Å². The van der Waals surface area contributed by atoms with Gasteiger partial charge in [0, 0.05) is 50.1 Å². The normalized spacial score (nSPS) is 20.7. The second-order valence-electron chi connectivity index (χ2n) is 7.32. The smallest absolute Gasteiger partial charge is 0.176 e. The summed E-state index contributed by atoms with van der Waals surface area (Å²) in [5.41, 5.74) is 2.15. The van der Waals surface area contributed by atoms with E-state index in [9.17, 15) is 0 Å². The number of imidazole rings is 1. The van der Waals surface area contributed by atoms with E-state index in [1.165, 1.54) is 24.9 Å². The first-order valence-corrected chi connectivity index (χ1v) is 9.50. The summed E-state index contributed by atoms with van der Waals surface area (Å²) in [7, 11) is 0. The number of amidine groups is 1. The average molecular weight is 356 g/mol. The molecule has 0 spiro atoms. The zero-order chi connectivity index (χ0) is 16.8. The van der Waals surface area contributed by atoms with Crippen molar-refractivity contribution in [3.8, 4) is 0 Å². The molecule has 1 aromatic carbocycles. The van der Waals surface area contributed by atoms with Crippen LogP contribution in [0.5, 0.6) is 0 Å². The molecule has 0 unspecified atom stereocenters.